The van der Waals surface area contributed by atoms with E-state index in [1.165, 1.54) is 4.90 Å². The Morgan fingerprint density at radius 1 is 1.40 bits per heavy atom. The lowest BCUT2D eigenvalue weighted by molar-refractivity contribution is -0.137. The van der Waals surface area contributed by atoms with E-state index in [0.717, 1.165) is 0 Å². The van der Waals surface area contributed by atoms with E-state index in [9.17, 15) is 18.0 Å². The third-order valence-electron chi connectivity index (χ3n) is 2.99. The van der Waals surface area contributed by atoms with Crippen LogP contribution in [-0.2, 0) is 14.6 Å². The van der Waals surface area contributed by atoms with E-state index in [0.29, 0.717) is 19.4 Å². The maximum atomic E-state index is 12.1. The van der Waals surface area contributed by atoms with Gasteiger partial charge < -0.3 is 15.3 Å². The average molecular weight is 306 g/mol. The molecule has 0 radical (unpaired) electrons. The van der Waals surface area contributed by atoms with Crippen LogP contribution in [0.25, 0.3) is 0 Å². The number of rotatable bonds is 5. The number of carbonyl (C=O) groups excluding carboxylic acids is 1. The number of nitrogens with zero attached hydrogens (tertiary/aromatic N) is 1. The fourth-order valence-corrected chi connectivity index (χ4v) is 3.86. The molecule has 0 spiro atoms. The van der Waals surface area contributed by atoms with E-state index in [2.05, 4.69) is 5.32 Å². The van der Waals surface area contributed by atoms with Crippen molar-refractivity contribution in [3.05, 3.63) is 0 Å². The molecule has 0 aromatic heterocycles. The molecule has 2 amide bonds. The molecule has 1 unspecified atom stereocenters. The first-order chi connectivity index (χ1) is 9.19. The highest BCUT2D eigenvalue weighted by Gasteiger charge is 2.28. The summed E-state index contributed by atoms with van der Waals surface area (Å²) in [6.45, 7) is 3.70. The molecule has 2 N–H and O–H groups in total. The summed E-state index contributed by atoms with van der Waals surface area (Å²) in [5, 5.41) is 11.4. The SMILES string of the molecule is CC(C)CN(CC(=O)O)C(=O)NC1CCCS(=O)(=O)C1. The van der Waals surface area contributed by atoms with Crippen LogP contribution in [0.3, 0.4) is 0 Å². The number of urea groups is 1. The second kappa shape index (κ2) is 6.92. The number of carboxylic acids is 1. The average Bonchev–Trinajstić information content (AvgIpc) is 2.25. The van der Waals surface area contributed by atoms with Gasteiger partial charge in [0.1, 0.15) is 6.54 Å². The van der Waals surface area contributed by atoms with Crippen LogP contribution in [0.15, 0.2) is 0 Å². The predicted molar refractivity (Wildman–Crippen MR) is 74.3 cm³/mol. The molecule has 0 aromatic carbocycles. The molecule has 1 rings (SSSR count). The van der Waals surface area contributed by atoms with Crippen molar-refractivity contribution in [2.75, 3.05) is 24.6 Å². The van der Waals surface area contributed by atoms with Crippen molar-refractivity contribution in [3.8, 4) is 0 Å². The number of sulfone groups is 1. The topological polar surface area (TPSA) is 104 Å². The summed E-state index contributed by atoms with van der Waals surface area (Å²) in [6, 6.07) is -0.937. The van der Waals surface area contributed by atoms with Gasteiger partial charge in [-0.05, 0) is 18.8 Å². The number of nitrogens with one attached hydrogen (secondary N) is 1. The molecule has 7 nitrogen and oxygen atoms in total. The van der Waals surface area contributed by atoms with Crippen molar-refractivity contribution in [2.24, 2.45) is 5.92 Å². The monoisotopic (exact) mass is 306 g/mol. The van der Waals surface area contributed by atoms with E-state index in [1.54, 1.807) is 0 Å². The van der Waals surface area contributed by atoms with Gasteiger partial charge in [0.2, 0.25) is 0 Å². The molecule has 0 aliphatic carbocycles. The van der Waals surface area contributed by atoms with Gasteiger partial charge >= 0.3 is 12.0 Å². The van der Waals surface area contributed by atoms with Gasteiger partial charge in [-0.15, -0.1) is 0 Å². The van der Waals surface area contributed by atoms with Crippen molar-refractivity contribution in [2.45, 2.75) is 32.7 Å². The third kappa shape index (κ3) is 5.77. The Bertz CT molecular complexity index is 460. The smallest absolute Gasteiger partial charge is 0.323 e. The second-order valence-corrected chi connectivity index (χ2v) is 7.80. The number of carbonyl (C=O) groups is 2. The minimum absolute atomic E-state index is 0.0681. The van der Waals surface area contributed by atoms with E-state index >= 15 is 0 Å². The predicted octanol–water partition coefficient (Wildman–Crippen LogP) is 0.316. The number of amides is 2. The zero-order valence-corrected chi connectivity index (χ0v) is 12.6. The number of carboxylic acid groups (broad SMARTS) is 1. The first-order valence-electron chi connectivity index (χ1n) is 6.67. The minimum atomic E-state index is -3.10. The Hall–Kier alpha value is -1.31. The van der Waals surface area contributed by atoms with Gasteiger partial charge in [-0.3, -0.25) is 4.79 Å². The summed E-state index contributed by atoms with van der Waals surface area (Å²) in [4.78, 5) is 24.0. The van der Waals surface area contributed by atoms with E-state index < -0.39 is 27.9 Å². The summed E-state index contributed by atoms with van der Waals surface area (Å²) in [5.74, 6) is -0.863. The van der Waals surface area contributed by atoms with Crippen molar-refractivity contribution < 1.29 is 23.1 Å². The number of hydrogen-bond acceptors (Lipinski definition) is 4. The Morgan fingerprint density at radius 2 is 2.05 bits per heavy atom. The van der Waals surface area contributed by atoms with Crippen LogP contribution in [0.2, 0.25) is 0 Å². The quantitative estimate of drug-likeness (QED) is 0.761. The molecule has 8 heteroatoms. The summed E-state index contributed by atoms with van der Waals surface area (Å²) in [6.07, 6.45) is 1.13. The minimum Gasteiger partial charge on any atom is -0.480 e. The van der Waals surface area contributed by atoms with Crippen molar-refractivity contribution in [1.82, 2.24) is 10.2 Å². The van der Waals surface area contributed by atoms with Crippen molar-refractivity contribution >= 4 is 21.8 Å². The lowest BCUT2D eigenvalue weighted by Gasteiger charge is -2.28. The van der Waals surface area contributed by atoms with Crippen LogP contribution in [0, 0.1) is 5.92 Å². The Kier molecular flexibility index (Phi) is 5.79. The van der Waals surface area contributed by atoms with Gasteiger partial charge in [-0.25, -0.2) is 13.2 Å². The lowest BCUT2D eigenvalue weighted by Crippen LogP contribution is -2.51. The lowest BCUT2D eigenvalue weighted by atomic mass is 10.2. The molecule has 20 heavy (non-hydrogen) atoms. The standard InChI is InChI=1S/C12H22N2O5S/c1-9(2)6-14(7-11(15)16)12(17)13-10-4-3-5-20(18,19)8-10/h9-10H,3-8H2,1-2H3,(H,13,17)(H,15,16). The van der Waals surface area contributed by atoms with Gasteiger partial charge in [0.15, 0.2) is 9.84 Å². The Labute approximate surface area is 119 Å². The summed E-state index contributed by atoms with van der Waals surface area (Å²) >= 11 is 0. The molecule has 1 heterocycles. The number of hydrogen-bond donors (Lipinski definition) is 2. The summed E-state index contributed by atoms with van der Waals surface area (Å²) < 4.78 is 23.0. The van der Waals surface area contributed by atoms with Crippen molar-refractivity contribution in [1.29, 1.82) is 0 Å². The second-order valence-electron chi connectivity index (χ2n) is 5.57. The first-order valence-corrected chi connectivity index (χ1v) is 8.49. The molecule has 0 saturated carbocycles. The van der Waals surface area contributed by atoms with Crippen LogP contribution in [0.1, 0.15) is 26.7 Å². The van der Waals surface area contributed by atoms with Gasteiger partial charge in [-0.1, -0.05) is 13.8 Å². The van der Waals surface area contributed by atoms with Crippen LogP contribution < -0.4 is 5.32 Å². The zero-order chi connectivity index (χ0) is 15.3. The number of aliphatic carboxylic acids is 1. The van der Waals surface area contributed by atoms with Gasteiger partial charge in [-0.2, -0.15) is 0 Å². The highest BCUT2D eigenvalue weighted by atomic mass is 32.2. The van der Waals surface area contributed by atoms with Crippen molar-refractivity contribution in [3.63, 3.8) is 0 Å². The van der Waals surface area contributed by atoms with Gasteiger partial charge in [0.25, 0.3) is 0 Å². The van der Waals surface area contributed by atoms with Crippen LogP contribution in [0.4, 0.5) is 4.79 Å². The fraction of sp³-hybridized carbons (Fsp3) is 0.833. The Balaban J connectivity index is 2.63. The molecular formula is C12H22N2O5S. The van der Waals surface area contributed by atoms with E-state index in [-0.39, 0.29) is 24.0 Å². The molecule has 116 valence electrons. The molecule has 1 fully saturated rings. The zero-order valence-electron chi connectivity index (χ0n) is 11.8. The molecule has 0 aromatic rings. The van der Waals surface area contributed by atoms with Crippen LogP contribution in [-0.4, -0.2) is 61.1 Å². The normalized spacial score (nSPS) is 21.4. The maximum Gasteiger partial charge on any atom is 0.323 e. The summed E-state index contributed by atoms with van der Waals surface area (Å²) in [7, 11) is -3.10. The molecular weight excluding hydrogens is 284 g/mol. The largest absolute Gasteiger partial charge is 0.480 e. The molecule has 1 saturated heterocycles. The molecule has 1 aliphatic rings. The molecule has 1 atom stereocenters. The highest BCUT2D eigenvalue weighted by molar-refractivity contribution is 7.91. The Morgan fingerprint density at radius 3 is 2.55 bits per heavy atom. The van der Waals surface area contributed by atoms with Crippen LogP contribution >= 0.6 is 0 Å². The molecule has 0 bridgehead atoms. The first kappa shape index (κ1) is 16.7. The summed E-state index contributed by atoms with van der Waals surface area (Å²) in [5.41, 5.74) is 0. The fourth-order valence-electron chi connectivity index (χ4n) is 2.23. The van der Waals surface area contributed by atoms with Gasteiger partial charge in [0.05, 0.1) is 11.5 Å². The van der Waals surface area contributed by atoms with Crippen LogP contribution in [0.5, 0.6) is 0 Å². The third-order valence-corrected chi connectivity index (χ3v) is 4.81. The molecule has 1 aliphatic heterocycles. The van der Waals surface area contributed by atoms with Gasteiger partial charge in [0, 0.05) is 12.6 Å². The van der Waals surface area contributed by atoms with E-state index in [4.69, 9.17) is 5.11 Å². The highest BCUT2D eigenvalue weighted by Crippen LogP contribution is 2.12. The maximum absolute atomic E-state index is 12.1. The van der Waals surface area contributed by atoms with E-state index in [1.807, 2.05) is 13.8 Å².